The smallest absolute Gasteiger partial charge is 0.346 e. The van der Waals surface area contributed by atoms with Crippen molar-refractivity contribution in [3.8, 4) is 5.69 Å². The first-order valence-corrected chi connectivity index (χ1v) is 10.3. The van der Waals surface area contributed by atoms with Crippen molar-refractivity contribution in [3.63, 3.8) is 0 Å². The van der Waals surface area contributed by atoms with Crippen molar-refractivity contribution in [2.75, 3.05) is 0 Å². The number of carbonyl (C=O) groups excluding carboxylic acids is 1. The largest absolute Gasteiger partial charge is 0.435 e. The molecule has 11 heteroatoms. The van der Waals surface area contributed by atoms with Crippen LogP contribution in [0.25, 0.3) is 5.69 Å². The summed E-state index contributed by atoms with van der Waals surface area (Å²) in [5.41, 5.74) is 0.884. The second kappa shape index (κ2) is 9.08. The minimum absolute atomic E-state index is 0.0357. The number of benzene rings is 2. The van der Waals surface area contributed by atoms with E-state index < -0.39 is 29.3 Å². The molecule has 4 aromatic rings. The van der Waals surface area contributed by atoms with Crippen molar-refractivity contribution >= 4 is 5.91 Å². The Morgan fingerprint density at radius 2 is 1.71 bits per heavy atom. The van der Waals surface area contributed by atoms with Crippen LogP contribution in [0.2, 0.25) is 0 Å². The van der Waals surface area contributed by atoms with Crippen LogP contribution in [0.1, 0.15) is 38.7 Å². The van der Waals surface area contributed by atoms with E-state index in [4.69, 9.17) is 0 Å². The van der Waals surface area contributed by atoms with Crippen molar-refractivity contribution in [3.05, 3.63) is 94.3 Å². The number of amides is 1. The highest BCUT2D eigenvalue weighted by molar-refractivity contribution is 5.93. The number of nitrogens with one attached hydrogen (secondary N) is 1. The molecular formula is C23H20F4N6O. The van der Waals surface area contributed by atoms with Crippen LogP contribution in [-0.4, -0.2) is 30.7 Å². The number of aryl methyl sites for hydroxylation is 1. The Morgan fingerprint density at radius 3 is 2.35 bits per heavy atom. The molecule has 4 rings (SSSR count). The van der Waals surface area contributed by atoms with Gasteiger partial charge in [-0.3, -0.25) is 9.48 Å². The second-order valence-electron chi connectivity index (χ2n) is 7.65. The first kappa shape index (κ1) is 23.1. The number of alkyl halides is 3. The number of hydrogen-bond acceptors (Lipinski definition) is 4. The molecule has 0 aliphatic carbocycles. The maximum absolute atomic E-state index is 13.8. The fraction of sp³-hybridized carbons (Fsp3) is 0.217. The molecule has 2 aromatic heterocycles. The Bertz CT molecular complexity index is 1310. The summed E-state index contributed by atoms with van der Waals surface area (Å²) in [5.74, 6) is -1.65. The van der Waals surface area contributed by atoms with E-state index in [9.17, 15) is 22.4 Å². The number of aromatic nitrogens is 5. The maximum Gasteiger partial charge on any atom is 0.435 e. The van der Waals surface area contributed by atoms with E-state index in [2.05, 4.69) is 20.7 Å². The van der Waals surface area contributed by atoms with Gasteiger partial charge in [-0.1, -0.05) is 35.5 Å². The van der Waals surface area contributed by atoms with Gasteiger partial charge in [0.15, 0.2) is 11.4 Å². The van der Waals surface area contributed by atoms with Crippen molar-refractivity contribution in [2.24, 2.45) is 0 Å². The highest BCUT2D eigenvalue weighted by Gasteiger charge is 2.42. The topological polar surface area (TPSA) is 77.6 Å². The fourth-order valence-corrected chi connectivity index (χ4v) is 3.60. The van der Waals surface area contributed by atoms with Gasteiger partial charge in [0.1, 0.15) is 5.82 Å². The molecule has 0 unspecified atom stereocenters. The van der Waals surface area contributed by atoms with Crippen LogP contribution in [0, 0.1) is 19.7 Å². The molecule has 0 aliphatic heterocycles. The number of halogens is 4. The third-order valence-corrected chi connectivity index (χ3v) is 5.36. The van der Waals surface area contributed by atoms with Gasteiger partial charge in [-0.05, 0) is 43.7 Å². The molecule has 34 heavy (non-hydrogen) atoms. The van der Waals surface area contributed by atoms with Crippen LogP contribution < -0.4 is 5.32 Å². The molecule has 7 nitrogen and oxygen atoms in total. The van der Waals surface area contributed by atoms with Gasteiger partial charge in [0, 0.05) is 17.8 Å². The molecule has 176 valence electrons. The van der Waals surface area contributed by atoms with E-state index in [-0.39, 0.29) is 12.2 Å². The van der Waals surface area contributed by atoms with Crippen molar-refractivity contribution in [2.45, 2.75) is 33.1 Å². The predicted octanol–water partition coefficient (Wildman–Crippen LogP) is 4.22. The molecule has 0 aliphatic rings. The molecule has 1 N–H and O–H groups in total. The molecule has 0 atom stereocenters. The van der Waals surface area contributed by atoms with E-state index in [1.165, 1.54) is 0 Å². The van der Waals surface area contributed by atoms with Gasteiger partial charge in [0.25, 0.3) is 5.91 Å². The van der Waals surface area contributed by atoms with Crippen LogP contribution in [-0.2, 0) is 19.3 Å². The number of hydrogen-bond donors (Lipinski definition) is 1. The number of carbonyl (C=O) groups is 1. The van der Waals surface area contributed by atoms with Crippen LogP contribution in [0.5, 0.6) is 0 Å². The zero-order valence-electron chi connectivity index (χ0n) is 18.3. The third kappa shape index (κ3) is 4.68. The third-order valence-electron chi connectivity index (χ3n) is 5.36. The quantitative estimate of drug-likeness (QED) is 0.427. The van der Waals surface area contributed by atoms with Crippen molar-refractivity contribution in [1.29, 1.82) is 0 Å². The van der Waals surface area contributed by atoms with Gasteiger partial charge in [-0.15, -0.1) is 5.10 Å². The van der Waals surface area contributed by atoms with Gasteiger partial charge >= 0.3 is 6.18 Å². The molecule has 0 saturated heterocycles. The average Bonchev–Trinajstić information content (AvgIpc) is 3.35. The molecule has 1 amide bonds. The summed E-state index contributed by atoms with van der Waals surface area (Å²) in [6.45, 7) is 4.08. The van der Waals surface area contributed by atoms with Crippen LogP contribution in [0.15, 0.2) is 54.6 Å². The Balaban J connectivity index is 1.56. The Hall–Kier alpha value is -4.02. The summed E-state index contributed by atoms with van der Waals surface area (Å²) in [7, 11) is 0. The Labute approximate surface area is 192 Å². The Morgan fingerprint density at radius 1 is 1.03 bits per heavy atom. The monoisotopic (exact) mass is 472 g/mol. The summed E-state index contributed by atoms with van der Waals surface area (Å²) in [6.07, 6.45) is -4.92. The first-order chi connectivity index (χ1) is 16.1. The zero-order chi connectivity index (χ0) is 24.5. The van der Waals surface area contributed by atoms with E-state index >= 15 is 0 Å². The predicted molar refractivity (Wildman–Crippen MR) is 115 cm³/mol. The van der Waals surface area contributed by atoms with Crippen LogP contribution in [0.4, 0.5) is 17.6 Å². The minimum Gasteiger partial charge on any atom is -0.346 e. The molecule has 0 radical (unpaired) electrons. The summed E-state index contributed by atoms with van der Waals surface area (Å²) in [5, 5.41) is 13.9. The van der Waals surface area contributed by atoms with Gasteiger partial charge in [0.05, 0.1) is 17.9 Å². The summed E-state index contributed by atoms with van der Waals surface area (Å²) in [6, 6.07) is 13.9. The highest BCUT2D eigenvalue weighted by Crippen LogP contribution is 2.32. The zero-order valence-corrected chi connectivity index (χ0v) is 18.3. The highest BCUT2D eigenvalue weighted by atomic mass is 19.4. The SMILES string of the molecule is Cc1nn(Cc2ccccc2)c(C)c1CNC(=O)c1nnn(-c2ccc(F)cc2)c1C(F)(F)F. The lowest BCUT2D eigenvalue weighted by Crippen LogP contribution is -2.27. The van der Waals surface area contributed by atoms with E-state index in [1.807, 2.05) is 37.3 Å². The van der Waals surface area contributed by atoms with Gasteiger partial charge in [-0.25, -0.2) is 9.07 Å². The summed E-state index contributed by atoms with van der Waals surface area (Å²) >= 11 is 0. The Kier molecular flexibility index (Phi) is 6.18. The van der Waals surface area contributed by atoms with Gasteiger partial charge in [-0.2, -0.15) is 18.3 Å². The number of rotatable bonds is 6. The molecule has 2 aromatic carbocycles. The van der Waals surface area contributed by atoms with Gasteiger partial charge < -0.3 is 5.32 Å². The maximum atomic E-state index is 13.8. The van der Waals surface area contributed by atoms with Crippen LogP contribution in [0.3, 0.4) is 0 Å². The molecule has 0 saturated carbocycles. The fourth-order valence-electron chi connectivity index (χ4n) is 3.60. The van der Waals surface area contributed by atoms with E-state index in [0.29, 0.717) is 22.5 Å². The first-order valence-electron chi connectivity index (χ1n) is 10.3. The van der Waals surface area contributed by atoms with Crippen molar-refractivity contribution in [1.82, 2.24) is 30.1 Å². The molecule has 2 heterocycles. The molecule has 0 bridgehead atoms. The molecular weight excluding hydrogens is 452 g/mol. The molecule has 0 fully saturated rings. The lowest BCUT2D eigenvalue weighted by molar-refractivity contribution is -0.143. The standard InChI is InChI=1S/C23H20F4N6O/c1-14-19(15(2)32(30-14)13-16-6-4-3-5-7-16)12-28-22(34)20-21(23(25,26)27)33(31-29-20)18-10-8-17(24)9-11-18/h3-11H,12-13H2,1-2H3,(H,28,34). The normalized spacial score (nSPS) is 11.6. The summed E-state index contributed by atoms with van der Waals surface area (Å²) in [4.78, 5) is 12.7. The van der Waals surface area contributed by atoms with E-state index in [0.717, 1.165) is 35.5 Å². The second-order valence-corrected chi connectivity index (χ2v) is 7.65. The summed E-state index contributed by atoms with van der Waals surface area (Å²) < 4.78 is 56.8. The van der Waals surface area contributed by atoms with Gasteiger partial charge in [0.2, 0.25) is 0 Å². The van der Waals surface area contributed by atoms with Crippen LogP contribution >= 0.6 is 0 Å². The van der Waals surface area contributed by atoms with E-state index in [1.54, 1.807) is 11.6 Å². The molecule has 0 spiro atoms. The lowest BCUT2D eigenvalue weighted by Gasteiger charge is -2.11. The average molecular weight is 472 g/mol. The minimum atomic E-state index is -4.92. The number of nitrogens with zero attached hydrogens (tertiary/aromatic N) is 5. The van der Waals surface area contributed by atoms with Crippen molar-refractivity contribution < 1.29 is 22.4 Å². The lowest BCUT2D eigenvalue weighted by atomic mass is 10.2.